The van der Waals surface area contributed by atoms with E-state index in [2.05, 4.69) is 10.2 Å². The van der Waals surface area contributed by atoms with Gasteiger partial charge < -0.3 is 14.2 Å². The van der Waals surface area contributed by atoms with Gasteiger partial charge in [0, 0.05) is 16.7 Å². The average molecular weight is 371 g/mol. The topological polar surface area (TPSA) is 70.5 Å². The fourth-order valence-corrected chi connectivity index (χ4v) is 2.39. The van der Waals surface area contributed by atoms with Crippen molar-refractivity contribution in [3.63, 3.8) is 0 Å². The molecule has 0 atom stereocenters. The Kier molecular flexibility index (Phi) is 5.34. The molecule has 0 saturated heterocycles. The second-order valence-electron chi connectivity index (χ2n) is 5.22. The van der Waals surface area contributed by atoms with E-state index in [0.717, 1.165) is 5.56 Å². The van der Waals surface area contributed by atoms with Gasteiger partial charge in [0.05, 0.1) is 25.5 Å². The highest BCUT2D eigenvalue weighted by molar-refractivity contribution is 6.30. The molecule has 0 spiro atoms. The Labute approximate surface area is 155 Å². The molecule has 0 aliphatic rings. The first-order valence-electron chi connectivity index (χ1n) is 7.64. The summed E-state index contributed by atoms with van der Waals surface area (Å²) in [6.07, 6.45) is 0. The SMILES string of the molecule is COc1ccc(-c2ccc(OC(=O)c3ccc(Cl)cc3)nn2)cc1OC. The minimum absolute atomic E-state index is 0.106. The summed E-state index contributed by atoms with van der Waals surface area (Å²) in [7, 11) is 3.13. The lowest BCUT2D eigenvalue weighted by Gasteiger charge is -2.09. The van der Waals surface area contributed by atoms with E-state index in [9.17, 15) is 4.79 Å². The number of carbonyl (C=O) groups is 1. The summed E-state index contributed by atoms with van der Waals surface area (Å²) < 4.78 is 15.7. The van der Waals surface area contributed by atoms with Crippen LogP contribution in [0.3, 0.4) is 0 Å². The Morgan fingerprint density at radius 1 is 0.885 bits per heavy atom. The smallest absolute Gasteiger partial charge is 0.344 e. The number of aromatic nitrogens is 2. The maximum Gasteiger partial charge on any atom is 0.344 e. The second kappa shape index (κ2) is 7.84. The van der Waals surface area contributed by atoms with Crippen LogP contribution in [0, 0.1) is 0 Å². The van der Waals surface area contributed by atoms with Crippen LogP contribution in [0.25, 0.3) is 11.3 Å². The van der Waals surface area contributed by atoms with Gasteiger partial charge in [0.2, 0.25) is 5.88 Å². The van der Waals surface area contributed by atoms with Crippen LogP contribution in [0.15, 0.2) is 54.6 Å². The van der Waals surface area contributed by atoms with Gasteiger partial charge in [-0.1, -0.05) is 11.6 Å². The number of esters is 1. The van der Waals surface area contributed by atoms with Crippen LogP contribution < -0.4 is 14.2 Å². The van der Waals surface area contributed by atoms with Gasteiger partial charge in [-0.05, 0) is 48.5 Å². The Balaban J connectivity index is 1.76. The standard InChI is InChI=1S/C19H15ClN2O4/c1-24-16-9-5-13(11-17(16)25-2)15-8-10-18(22-21-15)26-19(23)12-3-6-14(20)7-4-12/h3-11H,1-2H3. The van der Waals surface area contributed by atoms with Gasteiger partial charge in [0.25, 0.3) is 0 Å². The zero-order valence-corrected chi connectivity index (χ0v) is 14.9. The number of rotatable bonds is 5. The fourth-order valence-electron chi connectivity index (χ4n) is 2.26. The molecule has 0 radical (unpaired) electrons. The van der Waals surface area contributed by atoms with Gasteiger partial charge in [-0.15, -0.1) is 10.2 Å². The number of carbonyl (C=O) groups excluding carboxylic acids is 1. The number of hydrogen-bond acceptors (Lipinski definition) is 6. The lowest BCUT2D eigenvalue weighted by atomic mass is 10.1. The summed E-state index contributed by atoms with van der Waals surface area (Å²) in [4.78, 5) is 12.1. The van der Waals surface area contributed by atoms with Crippen molar-refractivity contribution in [3.8, 4) is 28.6 Å². The Morgan fingerprint density at radius 2 is 1.62 bits per heavy atom. The average Bonchev–Trinajstić information content (AvgIpc) is 2.68. The third-order valence-corrected chi connectivity index (χ3v) is 3.85. The normalized spacial score (nSPS) is 10.3. The van der Waals surface area contributed by atoms with E-state index in [-0.39, 0.29) is 5.88 Å². The minimum Gasteiger partial charge on any atom is -0.493 e. The summed E-state index contributed by atoms with van der Waals surface area (Å²) in [6.45, 7) is 0. The molecule has 0 aliphatic heterocycles. The van der Waals surface area contributed by atoms with Gasteiger partial charge in [0.15, 0.2) is 11.5 Å². The van der Waals surface area contributed by atoms with E-state index in [4.69, 9.17) is 25.8 Å². The molecule has 6 nitrogen and oxygen atoms in total. The highest BCUT2D eigenvalue weighted by Crippen LogP contribution is 2.31. The molecule has 0 amide bonds. The molecular weight excluding hydrogens is 356 g/mol. The van der Waals surface area contributed by atoms with E-state index < -0.39 is 5.97 Å². The molecule has 0 bridgehead atoms. The number of halogens is 1. The van der Waals surface area contributed by atoms with E-state index in [1.165, 1.54) is 0 Å². The summed E-state index contributed by atoms with van der Waals surface area (Å²) in [5, 5.41) is 8.58. The van der Waals surface area contributed by atoms with E-state index in [0.29, 0.717) is 27.8 Å². The van der Waals surface area contributed by atoms with Crippen molar-refractivity contribution >= 4 is 17.6 Å². The first-order chi connectivity index (χ1) is 12.6. The lowest BCUT2D eigenvalue weighted by molar-refractivity contribution is 0.0726. The molecule has 0 saturated carbocycles. The Morgan fingerprint density at radius 3 is 2.23 bits per heavy atom. The molecule has 1 heterocycles. The summed E-state index contributed by atoms with van der Waals surface area (Å²) in [5.41, 5.74) is 1.78. The zero-order chi connectivity index (χ0) is 18.5. The van der Waals surface area contributed by atoms with Gasteiger partial charge in [-0.3, -0.25) is 0 Å². The van der Waals surface area contributed by atoms with E-state index in [1.54, 1.807) is 62.8 Å². The van der Waals surface area contributed by atoms with Crippen LogP contribution in [-0.2, 0) is 0 Å². The summed E-state index contributed by atoms with van der Waals surface area (Å²) in [6, 6.07) is 15.1. The predicted octanol–water partition coefficient (Wildman–Crippen LogP) is 4.03. The molecule has 1 aromatic heterocycles. The lowest BCUT2D eigenvalue weighted by Crippen LogP contribution is -2.09. The van der Waals surface area contributed by atoms with E-state index >= 15 is 0 Å². The molecule has 132 valence electrons. The zero-order valence-electron chi connectivity index (χ0n) is 14.1. The third kappa shape index (κ3) is 3.92. The largest absolute Gasteiger partial charge is 0.493 e. The molecule has 0 fully saturated rings. The Hall–Kier alpha value is -3.12. The van der Waals surface area contributed by atoms with Crippen molar-refractivity contribution in [3.05, 3.63) is 65.2 Å². The minimum atomic E-state index is -0.533. The first kappa shape index (κ1) is 17.7. The van der Waals surface area contributed by atoms with Crippen LogP contribution in [0.2, 0.25) is 5.02 Å². The van der Waals surface area contributed by atoms with Crippen molar-refractivity contribution in [1.82, 2.24) is 10.2 Å². The quantitative estimate of drug-likeness (QED) is 0.631. The van der Waals surface area contributed by atoms with Crippen LogP contribution >= 0.6 is 11.6 Å². The summed E-state index contributed by atoms with van der Waals surface area (Å²) >= 11 is 5.80. The molecule has 3 rings (SSSR count). The third-order valence-electron chi connectivity index (χ3n) is 3.60. The van der Waals surface area contributed by atoms with Crippen molar-refractivity contribution in [2.45, 2.75) is 0 Å². The fraction of sp³-hybridized carbons (Fsp3) is 0.105. The van der Waals surface area contributed by atoms with Gasteiger partial charge >= 0.3 is 5.97 Å². The predicted molar refractivity (Wildman–Crippen MR) is 97.0 cm³/mol. The second-order valence-corrected chi connectivity index (χ2v) is 5.66. The van der Waals surface area contributed by atoms with Gasteiger partial charge in [-0.2, -0.15) is 0 Å². The molecule has 2 aromatic carbocycles. The van der Waals surface area contributed by atoms with Crippen LogP contribution in [0.5, 0.6) is 17.4 Å². The van der Waals surface area contributed by atoms with E-state index in [1.807, 2.05) is 6.07 Å². The Bertz CT molecular complexity index is 912. The molecule has 0 aliphatic carbocycles. The molecule has 3 aromatic rings. The number of hydrogen-bond donors (Lipinski definition) is 0. The molecule has 0 unspecified atom stereocenters. The van der Waals surface area contributed by atoms with Gasteiger partial charge in [-0.25, -0.2) is 4.79 Å². The molecule has 0 N–H and O–H groups in total. The molecule has 26 heavy (non-hydrogen) atoms. The van der Waals surface area contributed by atoms with Crippen molar-refractivity contribution in [2.75, 3.05) is 14.2 Å². The van der Waals surface area contributed by atoms with Crippen LogP contribution in [0.4, 0.5) is 0 Å². The van der Waals surface area contributed by atoms with Crippen LogP contribution in [-0.4, -0.2) is 30.4 Å². The highest BCUT2D eigenvalue weighted by Gasteiger charge is 2.11. The molecule has 7 heteroatoms. The van der Waals surface area contributed by atoms with Crippen molar-refractivity contribution in [1.29, 1.82) is 0 Å². The maximum atomic E-state index is 12.1. The van der Waals surface area contributed by atoms with Crippen molar-refractivity contribution < 1.29 is 19.0 Å². The first-order valence-corrected chi connectivity index (χ1v) is 8.02. The molecular formula is C19H15ClN2O4. The van der Waals surface area contributed by atoms with Crippen LogP contribution in [0.1, 0.15) is 10.4 Å². The number of benzene rings is 2. The number of methoxy groups -OCH3 is 2. The van der Waals surface area contributed by atoms with Crippen molar-refractivity contribution in [2.24, 2.45) is 0 Å². The number of nitrogens with zero attached hydrogens (tertiary/aromatic N) is 2. The number of ether oxygens (including phenoxy) is 3. The summed E-state index contributed by atoms with van der Waals surface area (Å²) in [5.74, 6) is 0.784. The highest BCUT2D eigenvalue weighted by atomic mass is 35.5. The maximum absolute atomic E-state index is 12.1. The van der Waals surface area contributed by atoms with Gasteiger partial charge in [0.1, 0.15) is 0 Å². The monoisotopic (exact) mass is 370 g/mol.